The van der Waals surface area contributed by atoms with E-state index < -0.39 is 11.7 Å². The number of hydrogen-bond acceptors (Lipinski definition) is 1. The first-order valence-electron chi connectivity index (χ1n) is 4.41. The molecule has 15 heavy (non-hydrogen) atoms. The van der Waals surface area contributed by atoms with Crippen LogP contribution >= 0.6 is 12.4 Å². The average molecular weight is 238 g/mol. The number of alkyl halides is 3. The number of hydrogen-bond donors (Lipinski definition) is 1. The van der Waals surface area contributed by atoms with E-state index in [1.807, 2.05) is 0 Å². The Kier molecular flexibility index (Phi) is 3.31. The molecule has 84 valence electrons. The van der Waals surface area contributed by atoms with E-state index >= 15 is 0 Å². The van der Waals surface area contributed by atoms with E-state index in [-0.39, 0.29) is 24.4 Å². The quantitative estimate of drug-likeness (QED) is 0.799. The van der Waals surface area contributed by atoms with E-state index in [9.17, 15) is 13.2 Å². The molecule has 0 spiro atoms. The van der Waals surface area contributed by atoms with Crippen molar-refractivity contribution in [1.82, 2.24) is 0 Å². The fraction of sp³-hybridized carbons (Fsp3) is 0.400. The smallest absolute Gasteiger partial charge is 0.327 e. The van der Waals surface area contributed by atoms with Crippen molar-refractivity contribution in [3.05, 3.63) is 35.4 Å². The highest BCUT2D eigenvalue weighted by Crippen LogP contribution is 2.40. The van der Waals surface area contributed by atoms with Gasteiger partial charge in [-0.2, -0.15) is 13.2 Å². The van der Waals surface area contributed by atoms with Crippen LogP contribution in [-0.2, 0) is 6.18 Å². The van der Waals surface area contributed by atoms with Gasteiger partial charge < -0.3 is 5.73 Å². The normalized spacial score (nSPS) is 24.5. The summed E-state index contributed by atoms with van der Waals surface area (Å²) in [5.41, 5.74) is 5.69. The molecule has 0 saturated heterocycles. The van der Waals surface area contributed by atoms with Gasteiger partial charge in [0.05, 0.1) is 5.56 Å². The highest BCUT2D eigenvalue weighted by Gasteiger charge is 2.37. The third kappa shape index (κ3) is 2.63. The molecule has 0 aliphatic heterocycles. The molecule has 1 aliphatic rings. The Balaban J connectivity index is 0.00000112. The Morgan fingerprint density at radius 2 is 1.87 bits per heavy atom. The second-order valence-corrected chi connectivity index (χ2v) is 3.63. The lowest BCUT2D eigenvalue weighted by Gasteiger charge is -2.07. The van der Waals surface area contributed by atoms with Gasteiger partial charge >= 0.3 is 6.18 Å². The first-order chi connectivity index (χ1) is 6.48. The van der Waals surface area contributed by atoms with E-state index in [1.165, 1.54) is 12.1 Å². The fourth-order valence-corrected chi connectivity index (χ4v) is 1.54. The highest BCUT2D eigenvalue weighted by molar-refractivity contribution is 5.85. The number of rotatable bonds is 1. The fourth-order valence-electron chi connectivity index (χ4n) is 1.54. The molecular weight excluding hydrogens is 227 g/mol. The molecule has 1 nitrogen and oxygen atoms in total. The molecule has 5 heteroatoms. The number of nitrogens with two attached hydrogens (primary N) is 1. The van der Waals surface area contributed by atoms with Crippen LogP contribution in [0.1, 0.15) is 23.5 Å². The summed E-state index contributed by atoms with van der Waals surface area (Å²) in [6, 6.07) is 5.45. The molecule has 2 atom stereocenters. The van der Waals surface area contributed by atoms with Crippen molar-refractivity contribution >= 4 is 12.4 Å². The molecule has 1 aromatic carbocycles. The Morgan fingerprint density at radius 3 is 2.33 bits per heavy atom. The lowest BCUT2D eigenvalue weighted by atomic mass is 10.1. The minimum atomic E-state index is -4.25. The van der Waals surface area contributed by atoms with E-state index in [0.29, 0.717) is 5.56 Å². The minimum Gasteiger partial charge on any atom is -0.327 e. The Bertz CT molecular complexity index is 351. The molecule has 2 rings (SSSR count). The van der Waals surface area contributed by atoms with Gasteiger partial charge in [0.25, 0.3) is 0 Å². The summed E-state index contributed by atoms with van der Waals surface area (Å²) in [5, 5.41) is 0. The van der Waals surface area contributed by atoms with Crippen molar-refractivity contribution in [3.8, 4) is 0 Å². The third-order valence-electron chi connectivity index (χ3n) is 2.48. The van der Waals surface area contributed by atoms with Gasteiger partial charge in [-0.3, -0.25) is 0 Å². The van der Waals surface area contributed by atoms with Gasteiger partial charge in [0.15, 0.2) is 0 Å². The Labute approximate surface area is 91.9 Å². The van der Waals surface area contributed by atoms with Gasteiger partial charge in [-0.25, -0.2) is 0 Å². The molecule has 0 aromatic heterocycles. The first-order valence-corrected chi connectivity index (χ1v) is 4.41. The molecule has 1 fully saturated rings. The summed E-state index contributed by atoms with van der Waals surface area (Å²) in [7, 11) is 0. The minimum absolute atomic E-state index is 0. The van der Waals surface area contributed by atoms with Crippen molar-refractivity contribution in [2.45, 2.75) is 24.6 Å². The van der Waals surface area contributed by atoms with Gasteiger partial charge in [-0.15, -0.1) is 12.4 Å². The van der Waals surface area contributed by atoms with E-state index in [2.05, 4.69) is 0 Å². The standard InChI is InChI=1S/C10H10F3N.ClH/c11-10(12,13)7-3-1-2-6(4-7)8-5-9(8)14;/h1-4,8-9H,5,14H2;1H. The number of halogens is 4. The molecule has 0 bridgehead atoms. The summed E-state index contributed by atoms with van der Waals surface area (Å²) in [6.07, 6.45) is -3.46. The maximum Gasteiger partial charge on any atom is 0.416 e. The van der Waals surface area contributed by atoms with Crippen LogP contribution in [0.5, 0.6) is 0 Å². The van der Waals surface area contributed by atoms with Crippen molar-refractivity contribution in [2.75, 3.05) is 0 Å². The summed E-state index contributed by atoms with van der Waals surface area (Å²) < 4.78 is 37.0. The van der Waals surface area contributed by atoms with Crippen LogP contribution in [0.2, 0.25) is 0 Å². The van der Waals surface area contributed by atoms with Crippen molar-refractivity contribution in [1.29, 1.82) is 0 Å². The maximum atomic E-state index is 12.3. The predicted octanol–water partition coefficient (Wildman–Crippen LogP) is 2.94. The zero-order chi connectivity index (χ0) is 10.3. The van der Waals surface area contributed by atoms with Crippen molar-refractivity contribution in [3.63, 3.8) is 0 Å². The Hall–Kier alpha value is -0.740. The first kappa shape index (κ1) is 12.3. The molecule has 1 aliphatic carbocycles. The van der Waals surface area contributed by atoms with Crippen LogP contribution < -0.4 is 5.73 Å². The van der Waals surface area contributed by atoms with Crippen molar-refractivity contribution in [2.24, 2.45) is 5.73 Å². The van der Waals surface area contributed by atoms with Crippen LogP contribution in [0.25, 0.3) is 0 Å². The van der Waals surface area contributed by atoms with Crippen LogP contribution in [0.15, 0.2) is 24.3 Å². The van der Waals surface area contributed by atoms with Crippen molar-refractivity contribution < 1.29 is 13.2 Å². The zero-order valence-corrected chi connectivity index (χ0v) is 8.61. The molecule has 0 heterocycles. The zero-order valence-electron chi connectivity index (χ0n) is 7.79. The van der Waals surface area contributed by atoms with E-state index in [4.69, 9.17) is 5.73 Å². The molecule has 2 unspecified atom stereocenters. The molecule has 1 saturated carbocycles. The second-order valence-electron chi connectivity index (χ2n) is 3.63. The van der Waals surface area contributed by atoms with E-state index in [1.54, 1.807) is 6.07 Å². The summed E-state index contributed by atoms with van der Waals surface area (Å²) in [5.74, 6) is 0.122. The molecule has 2 N–H and O–H groups in total. The van der Waals surface area contributed by atoms with Crippen LogP contribution in [0, 0.1) is 0 Å². The summed E-state index contributed by atoms with van der Waals surface area (Å²) >= 11 is 0. The maximum absolute atomic E-state index is 12.3. The summed E-state index contributed by atoms with van der Waals surface area (Å²) in [6.45, 7) is 0. The highest BCUT2D eigenvalue weighted by atomic mass is 35.5. The topological polar surface area (TPSA) is 26.0 Å². The van der Waals surface area contributed by atoms with Gasteiger partial charge in [-0.05, 0) is 18.1 Å². The van der Waals surface area contributed by atoms with Gasteiger partial charge in [0, 0.05) is 12.0 Å². The lowest BCUT2D eigenvalue weighted by molar-refractivity contribution is -0.137. The van der Waals surface area contributed by atoms with Crippen LogP contribution in [0.3, 0.4) is 0 Å². The van der Waals surface area contributed by atoms with Gasteiger partial charge in [-0.1, -0.05) is 18.2 Å². The van der Waals surface area contributed by atoms with E-state index in [0.717, 1.165) is 12.5 Å². The lowest BCUT2D eigenvalue weighted by Crippen LogP contribution is -2.06. The monoisotopic (exact) mass is 237 g/mol. The molecular formula is C10H11ClF3N. The van der Waals surface area contributed by atoms with Crippen LogP contribution in [-0.4, -0.2) is 6.04 Å². The molecule has 0 radical (unpaired) electrons. The Morgan fingerprint density at radius 1 is 1.27 bits per heavy atom. The summed E-state index contributed by atoms with van der Waals surface area (Å²) in [4.78, 5) is 0. The molecule has 0 amide bonds. The largest absolute Gasteiger partial charge is 0.416 e. The third-order valence-corrected chi connectivity index (χ3v) is 2.48. The predicted molar refractivity (Wildman–Crippen MR) is 54.0 cm³/mol. The average Bonchev–Trinajstić information content (AvgIpc) is 2.82. The SMILES string of the molecule is Cl.NC1CC1c1cccc(C(F)(F)F)c1. The van der Waals surface area contributed by atoms with Crippen LogP contribution in [0.4, 0.5) is 13.2 Å². The van der Waals surface area contributed by atoms with Gasteiger partial charge in [0.1, 0.15) is 0 Å². The molecule has 1 aromatic rings. The second kappa shape index (κ2) is 4.02. The van der Waals surface area contributed by atoms with Gasteiger partial charge in [0.2, 0.25) is 0 Å². The number of benzene rings is 1.